The number of nitrogens with zero attached hydrogens (tertiary/aromatic N) is 1. The van der Waals surface area contributed by atoms with Gasteiger partial charge in [0.05, 0.1) is 25.2 Å². The second-order valence-corrected chi connectivity index (χ2v) is 14.9. The van der Waals surface area contributed by atoms with Gasteiger partial charge in [0.2, 0.25) is 6.29 Å². The van der Waals surface area contributed by atoms with Crippen LogP contribution in [0.5, 0.6) is 0 Å². The minimum Gasteiger partial charge on any atom is -0.458 e. The quantitative estimate of drug-likeness (QED) is 0.0477. The fourth-order valence-electron chi connectivity index (χ4n) is 8.93. The average Bonchev–Trinajstić information content (AvgIpc) is 3.66. The monoisotopic (exact) mass is 690 g/mol. The predicted molar refractivity (Wildman–Crippen MR) is 193 cm³/mol. The standard InChI is InChI=1S/C42H60NO7/c1-3-4-5-6-7-8-9-10-11-12-19-26-39(44)47-33(2)48-41(46)50-42(34-22-15-13-16-23-34,35-24-17-14-18-25-35)40(45)49-38-31-36-27-28-37(32-38)43(36)29-20-21-30-43/h13-18,22-25,33,36-38H,3-12,19-21,26-32H2,1-2H3/q+1. The number of ether oxygens (including phenoxy) is 4. The molecule has 8 heteroatoms. The lowest BCUT2D eigenvalue weighted by molar-refractivity contribution is -0.956. The summed E-state index contributed by atoms with van der Waals surface area (Å²) in [6.07, 6.45) is 17.3. The molecule has 3 heterocycles. The largest absolute Gasteiger partial charge is 0.513 e. The van der Waals surface area contributed by atoms with E-state index in [-0.39, 0.29) is 12.5 Å². The van der Waals surface area contributed by atoms with Gasteiger partial charge in [-0.1, -0.05) is 132 Å². The van der Waals surface area contributed by atoms with Crippen molar-refractivity contribution in [3.05, 3.63) is 71.8 Å². The first-order valence-corrected chi connectivity index (χ1v) is 19.6. The molecule has 3 fully saturated rings. The SMILES string of the molecule is CCCCCCCCCCCCCC(=O)OC(C)OC(=O)OC(C(=O)OC1CC2CCC(C1)[N+]21CCCC1)(c1ccccc1)c1ccccc1. The molecule has 50 heavy (non-hydrogen) atoms. The van der Waals surface area contributed by atoms with Crippen molar-refractivity contribution in [2.45, 2.75) is 160 Å². The highest BCUT2D eigenvalue weighted by Gasteiger charge is 2.57. The molecule has 3 atom stereocenters. The molecule has 2 aromatic rings. The molecule has 0 aliphatic carbocycles. The second-order valence-electron chi connectivity index (χ2n) is 14.9. The topological polar surface area (TPSA) is 88.1 Å². The number of rotatable bonds is 19. The molecule has 8 nitrogen and oxygen atoms in total. The Morgan fingerprint density at radius 2 is 1.22 bits per heavy atom. The van der Waals surface area contributed by atoms with Gasteiger partial charge < -0.3 is 23.4 Å². The van der Waals surface area contributed by atoms with Gasteiger partial charge in [0.25, 0.3) is 5.60 Å². The lowest BCUT2D eigenvalue weighted by atomic mass is 9.85. The van der Waals surface area contributed by atoms with Crippen LogP contribution in [-0.4, -0.2) is 60.1 Å². The maximum atomic E-state index is 14.5. The highest BCUT2D eigenvalue weighted by Crippen LogP contribution is 2.47. The maximum absolute atomic E-state index is 14.5. The highest BCUT2D eigenvalue weighted by molar-refractivity contribution is 5.88. The Hall–Kier alpha value is -3.39. The zero-order chi connectivity index (χ0) is 35.2. The van der Waals surface area contributed by atoms with E-state index in [4.69, 9.17) is 18.9 Å². The van der Waals surface area contributed by atoms with Gasteiger partial charge in [-0.15, -0.1) is 0 Å². The van der Waals surface area contributed by atoms with Crippen LogP contribution in [0.3, 0.4) is 0 Å². The van der Waals surface area contributed by atoms with Gasteiger partial charge in [0.15, 0.2) is 0 Å². The van der Waals surface area contributed by atoms with Crippen LogP contribution in [0.15, 0.2) is 60.7 Å². The molecular weight excluding hydrogens is 630 g/mol. The van der Waals surface area contributed by atoms with E-state index in [1.54, 1.807) is 48.5 Å². The van der Waals surface area contributed by atoms with Gasteiger partial charge in [0.1, 0.15) is 6.10 Å². The predicted octanol–water partition coefficient (Wildman–Crippen LogP) is 9.52. The summed E-state index contributed by atoms with van der Waals surface area (Å²) in [6.45, 7) is 6.18. The van der Waals surface area contributed by atoms with E-state index in [2.05, 4.69) is 6.92 Å². The number of piperidine rings is 1. The van der Waals surface area contributed by atoms with E-state index >= 15 is 0 Å². The van der Waals surface area contributed by atoms with E-state index in [9.17, 15) is 14.4 Å². The van der Waals surface area contributed by atoms with Crippen LogP contribution in [0.25, 0.3) is 0 Å². The Kier molecular flexibility index (Phi) is 14.2. The van der Waals surface area contributed by atoms with Crippen molar-refractivity contribution in [1.29, 1.82) is 0 Å². The van der Waals surface area contributed by atoms with Crippen molar-refractivity contribution in [3.8, 4) is 0 Å². The molecule has 2 aromatic carbocycles. The van der Waals surface area contributed by atoms with Crippen LogP contribution in [0.1, 0.15) is 141 Å². The van der Waals surface area contributed by atoms with Crippen molar-refractivity contribution in [3.63, 3.8) is 0 Å². The number of carbonyl (C=O) groups excluding carboxylic acids is 3. The van der Waals surface area contributed by atoms with Crippen LogP contribution in [0, 0.1) is 0 Å². The first-order chi connectivity index (χ1) is 24.4. The van der Waals surface area contributed by atoms with E-state index in [0.717, 1.165) is 32.1 Å². The summed E-state index contributed by atoms with van der Waals surface area (Å²) in [4.78, 5) is 40.6. The smallest absolute Gasteiger partial charge is 0.458 e. The first kappa shape index (κ1) is 37.9. The Morgan fingerprint density at radius 3 is 1.74 bits per heavy atom. The Balaban J connectivity index is 1.17. The molecule has 3 saturated heterocycles. The summed E-state index contributed by atoms with van der Waals surface area (Å²) >= 11 is 0. The van der Waals surface area contributed by atoms with Crippen molar-refractivity contribution in [2.24, 2.45) is 0 Å². The zero-order valence-corrected chi connectivity index (χ0v) is 30.5. The minimum absolute atomic E-state index is 0.257. The van der Waals surface area contributed by atoms with Gasteiger partial charge in [-0.25, -0.2) is 9.59 Å². The van der Waals surface area contributed by atoms with Crippen LogP contribution in [0.4, 0.5) is 4.79 Å². The van der Waals surface area contributed by atoms with Crippen molar-refractivity contribution >= 4 is 18.1 Å². The lowest BCUT2D eigenvalue weighted by Gasteiger charge is -2.47. The molecule has 2 bridgehead atoms. The van der Waals surface area contributed by atoms with Gasteiger partial charge in [-0.2, -0.15) is 0 Å². The number of esters is 2. The Labute approximate surface area is 299 Å². The Morgan fingerprint density at radius 1 is 0.720 bits per heavy atom. The van der Waals surface area contributed by atoms with Gasteiger partial charge in [-0.3, -0.25) is 4.79 Å². The molecule has 3 aliphatic rings. The summed E-state index contributed by atoms with van der Waals surface area (Å²) in [5.74, 6) is -1.07. The van der Waals surface area contributed by atoms with E-state index in [1.165, 1.54) is 102 Å². The normalized spacial score (nSPS) is 21.4. The number of hydrogen-bond acceptors (Lipinski definition) is 7. The molecule has 274 valence electrons. The number of unbranched alkanes of at least 4 members (excludes halogenated alkanes) is 10. The number of carbonyl (C=O) groups is 3. The van der Waals surface area contributed by atoms with Gasteiger partial charge in [-0.05, 0) is 6.42 Å². The van der Waals surface area contributed by atoms with E-state index in [1.807, 2.05) is 12.1 Å². The molecule has 3 unspecified atom stereocenters. The zero-order valence-electron chi connectivity index (χ0n) is 30.5. The number of quaternary nitrogens is 1. The van der Waals surface area contributed by atoms with Crippen molar-refractivity contribution in [2.75, 3.05) is 13.1 Å². The molecule has 0 radical (unpaired) electrons. The van der Waals surface area contributed by atoms with Crippen molar-refractivity contribution < 1.29 is 37.8 Å². The molecule has 5 rings (SSSR count). The maximum Gasteiger partial charge on any atom is 0.513 e. The first-order valence-electron chi connectivity index (χ1n) is 19.6. The molecular formula is C42H60NO7+. The summed E-state index contributed by atoms with van der Waals surface area (Å²) in [5.41, 5.74) is -0.998. The summed E-state index contributed by atoms with van der Waals surface area (Å²) in [5, 5.41) is 0. The van der Waals surface area contributed by atoms with Crippen LogP contribution >= 0.6 is 0 Å². The summed E-state index contributed by atoms with van der Waals surface area (Å²) in [6, 6.07) is 18.9. The fourth-order valence-corrected chi connectivity index (χ4v) is 8.93. The van der Waals surface area contributed by atoms with E-state index < -0.39 is 30.0 Å². The molecule has 0 aromatic heterocycles. The fraction of sp³-hybridized carbons (Fsp3) is 0.643. The third-order valence-electron chi connectivity index (χ3n) is 11.5. The van der Waals surface area contributed by atoms with Gasteiger partial charge in [0, 0.05) is 63.0 Å². The molecule has 1 spiro atoms. The molecule has 3 aliphatic heterocycles. The Bertz CT molecular complexity index is 1290. The highest BCUT2D eigenvalue weighted by atomic mass is 16.8. The minimum atomic E-state index is -1.91. The summed E-state index contributed by atoms with van der Waals surface area (Å²) < 4.78 is 24.5. The lowest BCUT2D eigenvalue weighted by Crippen LogP contribution is -2.60. The molecule has 0 N–H and O–H groups in total. The number of benzene rings is 2. The third-order valence-corrected chi connectivity index (χ3v) is 11.5. The van der Waals surface area contributed by atoms with Crippen LogP contribution in [-0.2, 0) is 34.1 Å². The molecule has 0 saturated carbocycles. The van der Waals surface area contributed by atoms with Crippen molar-refractivity contribution in [1.82, 2.24) is 0 Å². The third kappa shape index (κ3) is 9.48. The summed E-state index contributed by atoms with van der Waals surface area (Å²) in [7, 11) is 0. The van der Waals surface area contributed by atoms with E-state index in [0.29, 0.717) is 23.2 Å². The molecule has 0 amide bonds. The van der Waals surface area contributed by atoms with Gasteiger partial charge >= 0.3 is 18.1 Å². The second kappa shape index (κ2) is 18.7. The average molecular weight is 691 g/mol. The number of hydrogen-bond donors (Lipinski definition) is 0. The van der Waals surface area contributed by atoms with Crippen LogP contribution < -0.4 is 0 Å². The van der Waals surface area contributed by atoms with Crippen LogP contribution in [0.2, 0.25) is 0 Å².